The summed E-state index contributed by atoms with van der Waals surface area (Å²) in [5.41, 5.74) is 5.20. The smallest absolute Gasteiger partial charge is 0.320 e. The highest BCUT2D eigenvalue weighted by Gasteiger charge is 2.17. The molecular formula is C21H35ClN2O3. The molecule has 0 saturated heterocycles. The number of amides is 1. The first kappa shape index (κ1) is 25.4. The molecule has 0 saturated carbocycles. The third kappa shape index (κ3) is 8.31. The molecule has 27 heavy (non-hydrogen) atoms. The van der Waals surface area contributed by atoms with E-state index >= 15 is 0 Å². The molecule has 1 unspecified atom stereocenters. The second kappa shape index (κ2) is 11.3. The molecule has 0 fully saturated rings. The molecular weight excluding hydrogens is 364 g/mol. The van der Waals surface area contributed by atoms with Gasteiger partial charge in [0.15, 0.2) is 0 Å². The molecule has 1 amide bonds. The van der Waals surface area contributed by atoms with Crippen molar-refractivity contribution in [3.8, 4) is 0 Å². The number of hydrogen-bond donors (Lipinski definition) is 3. The molecule has 5 nitrogen and oxygen atoms in total. The predicted molar refractivity (Wildman–Crippen MR) is 113 cm³/mol. The van der Waals surface area contributed by atoms with Crippen LogP contribution >= 0.6 is 12.4 Å². The van der Waals surface area contributed by atoms with E-state index in [1.54, 1.807) is 0 Å². The van der Waals surface area contributed by atoms with Crippen LogP contribution in [0.25, 0.3) is 0 Å². The van der Waals surface area contributed by atoms with Crippen molar-refractivity contribution in [3.63, 3.8) is 0 Å². The van der Waals surface area contributed by atoms with Crippen LogP contribution in [0, 0.1) is 13.8 Å². The van der Waals surface area contributed by atoms with Gasteiger partial charge in [0, 0.05) is 6.54 Å². The van der Waals surface area contributed by atoms with Crippen molar-refractivity contribution in [1.82, 2.24) is 10.6 Å². The summed E-state index contributed by atoms with van der Waals surface area (Å²) in [6, 6.07) is 3.79. The van der Waals surface area contributed by atoms with Gasteiger partial charge in [-0.3, -0.25) is 14.9 Å². The Bertz CT molecular complexity index is 616. The Morgan fingerprint density at radius 2 is 1.70 bits per heavy atom. The third-order valence-electron chi connectivity index (χ3n) is 4.64. The third-order valence-corrected chi connectivity index (χ3v) is 4.64. The number of benzene rings is 1. The molecule has 0 bridgehead atoms. The van der Waals surface area contributed by atoms with E-state index in [1.807, 2.05) is 6.92 Å². The number of carboxylic acid groups (broad SMARTS) is 1. The Morgan fingerprint density at radius 1 is 1.15 bits per heavy atom. The number of nitrogens with one attached hydrogen (secondary N) is 2. The number of rotatable bonds is 9. The lowest BCUT2D eigenvalue weighted by molar-refractivity contribution is -0.139. The van der Waals surface area contributed by atoms with Crippen LogP contribution in [0.1, 0.15) is 62.8 Å². The lowest BCUT2D eigenvalue weighted by atomic mass is 9.83. The maximum atomic E-state index is 12.0. The van der Waals surface area contributed by atoms with Gasteiger partial charge in [0.05, 0.1) is 6.54 Å². The van der Waals surface area contributed by atoms with Gasteiger partial charge < -0.3 is 10.4 Å². The topological polar surface area (TPSA) is 78.4 Å². The Morgan fingerprint density at radius 3 is 2.15 bits per heavy atom. The second-order valence-electron chi connectivity index (χ2n) is 8.00. The first-order valence-corrected chi connectivity index (χ1v) is 9.39. The van der Waals surface area contributed by atoms with E-state index in [4.69, 9.17) is 5.11 Å². The fourth-order valence-corrected chi connectivity index (χ4v) is 3.03. The summed E-state index contributed by atoms with van der Waals surface area (Å²) in [5.74, 6) is -1.08. The van der Waals surface area contributed by atoms with Gasteiger partial charge >= 0.3 is 5.97 Å². The van der Waals surface area contributed by atoms with Gasteiger partial charge in [-0.25, -0.2) is 0 Å². The zero-order valence-electron chi connectivity index (χ0n) is 17.4. The zero-order chi connectivity index (χ0) is 19.9. The summed E-state index contributed by atoms with van der Waals surface area (Å²) in [6.07, 6.45) is 2.04. The number of hydrogen-bond acceptors (Lipinski definition) is 3. The fraction of sp³-hybridized carbons (Fsp3) is 0.619. The zero-order valence-corrected chi connectivity index (χ0v) is 18.3. The summed E-state index contributed by atoms with van der Waals surface area (Å²) >= 11 is 0. The molecule has 0 radical (unpaired) electrons. The summed E-state index contributed by atoms with van der Waals surface area (Å²) in [5, 5.41) is 14.8. The van der Waals surface area contributed by atoms with Crippen LogP contribution in [0.5, 0.6) is 0 Å². The monoisotopic (exact) mass is 398 g/mol. The number of carboxylic acids is 1. The van der Waals surface area contributed by atoms with Crippen molar-refractivity contribution in [1.29, 1.82) is 0 Å². The van der Waals surface area contributed by atoms with Gasteiger partial charge in [-0.15, -0.1) is 12.4 Å². The van der Waals surface area contributed by atoms with Crippen LogP contribution in [0.2, 0.25) is 0 Å². The largest absolute Gasteiger partial charge is 0.480 e. The van der Waals surface area contributed by atoms with Crippen LogP contribution in [0.4, 0.5) is 0 Å². The van der Waals surface area contributed by atoms with Crippen molar-refractivity contribution < 1.29 is 14.7 Å². The number of carbonyl (C=O) groups is 2. The van der Waals surface area contributed by atoms with Crippen LogP contribution in [0.3, 0.4) is 0 Å². The molecule has 0 aromatic heterocycles. The van der Waals surface area contributed by atoms with Crippen LogP contribution in [0.15, 0.2) is 12.1 Å². The standard InChI is InChI=1S/C21H34N2O3.ClH/c1-7-8-18(20(25)26)23-13-19(24)22-10-9-17-14(2)11-16(12-15(17)3)21(4,5)6;/h11-12,18,23H,7-10,13H2,1-6H3,(H,22,24)(H,25,26);1H. The molecule has 1 rings (SSSR count). The van der Waals surface area contributed by atoms with E-state index in [0.717, 1.165) is 12.8 Å². The van der Waals surface area contributed by atoms with E-state index in [0.29, 0.717) is 13.0 Å². The Balaban J connectivity index is 0.00000676. The average molecular weight is 399 g/mol. The summed E-state index contributed by atoms with van der Waals surface area (Å²) in [7, 11) is 0. The number of halogens is 1. The van der Waals surface area contributed by atoms with E-state index < -0.39 is 12.0 Å². The van der Waals surface area contributed by atoms with E-state index in [9.17, 15) is 9.59 Å². The number of aliphatic carboxylic acids is 1. The summed E-state index contributed by atoms with van der Waals surface area (Å²) < 4.78 is 0. The quantitative estimate of drug-likeness (QED) is 0.594. The predicted octanol–water partition coefficient (Wildman–Crippen LogP) is 3.52. The maximum Gasteiger partial charge on any atom is 0.320 e. The molecule has 0 aliphatic heterocycles. The van der Waals surface area contributed by atoms with Crippen molar-refractivity contribution in [2.24, 2.45) is 0 Å². The Hall–Kier alpha value is -1.59. The highest BCUT2D eigenvalue weighted by molar-refractivity contribution is 5.85. The molecule has 1 aromatic rings. The highest BCUT2D eigenvalue weighted by atomic mass is 35.5. The first-order valence-electron chi connectivity index (χ1n) is 9.39. The summed E-state index contributed by atoms with van der Waals surface area (Å²) in [6.45, 7) is 13.3. The molecule has 0 spiro atoms. The van der Waals surface area contributed by atoms with Gasteiger partial charge in [0.25, 0.3) is 0 Å². The molecule has 1 atom stereocenters. The number of aryl methyl sites for hydroxylation is 2. The van der Waals surface area contributed by atoms with Gasteiger partial charge in [-0.1, -0.05) is 46.2 Å². The van der Waals surface area contributed by atoms with Crippen molar-refractivity contribution in [3.05, 3.63) is 34.4 Å². The van der Waals surface area contributed by atoms with Crippen molar-refractivity contribution >= 4 is 24.3 Å². The van der Waals surface area contributed by atoms with Gasteiger partial charge in [-0.2, -0.15) is 0 Å². The molecule has 154 valence electrons. The van der Waals surface area contributed by atoms with Crippen LogP contribution < -0.4 is 10.6 Å². The molecule has 6 heteroatoms. The minimum Gasteiger partial charge on any atom is -0.480 e. The second-order valence-corrected chi connectivity index (χ2v) is 8.00. The van der Waals surface area contributed by atoms with Gasteiger partial charge in [-0.05, 0) is 54.4 Å². The minimum absolute atomic E-state index is 0. The molecule has 0 heterocycles. The van der Waals surface area contributed by atoms with E-state index in [2.05, 4.69) is 57.4 Å². The van der Waals surface area contributed by atoms with Crippen molar-refractivity contribution in [2.45, 2.75) is 72.3 Å². The van der Waals surface area contributed by atoms with Crippen LogP contribution in [-0.2, 0) is 21.4 Å². The minimum atomic E-state index is -0.912. The van der Waals surface area contributed by atoms with E-state index in [-0.39, 0.29) is 30.3 Å². The molecule has 0 aliphatic rings. The van der Waals surface area contributed by atoms with E-state index in [1.165, 1.54) is 22.3 Å². The Labute approximate surface area is 169 Å². The fourth-order valence-electron chi connectivity index (χ4n) is 3.03. The van der Waals surface area contributed by atoms with Gasteiger partial charge in [0.1, 0.15) is 6.04 Å². The molecule has 1 aromatic carbocycles. The molecule has 0 aliphatic carbocycles. The average Bonchev–Trinajstić information content (AvgIpc) is 2.52. The highest BCUT2D eigenvalue weighted by Crippen LogP contribution is 2.27. The van der Waals surface area contributed by atoms with Crippen molar-refractivity contribution in [2.75, 3.05) is 13.1 Å². The Kier molecular flexibility index (Phi) is 10.6. The van der Waals surface area contributed by atoms with Gasteiger partial charge in [0.2, 0.25) is 5.91 Å². The number of carbonyl (C=O) groups excluding carboxylic acids is 1. The normalized spacial score (nSPS) is 12.2. The lowest BCUT2D eigenvalue weighted by Gasteiger charge is -2.22. The lowest BCUT2D eigenvalue weighted by Crippen LogP contribution is -2.43. The summed E-state index contributed by atoms with van der Waals surface area (Å²) in [4.78, 5) is 23.0. The first-order chi connectivity index (χ1) is 12.1. The molecule has 3 N–H and O–H groups in total. The maximum absolute atomic E-state index is 12.0. The SMILES string of the molecule is CCCC(NCC(=O)NCCc1c(C)cc(C(C)(C)C)cc1C)C(=O)O.Cl. The van der Waals surface area contributed by atoms with Crippen LogP contribution in [-0.4, -0.2) is 36.1 Å².